The maximum Gasteiger partial charge on any atom is 0.0720 e. The van der Waals surface area contributed by atoms with Crippen LogP contribution >= 0.6 is 0 Å². The zero-order chi connectivity index (χ0) is 41.8. The lowest BCUT2D eigenvalue weighted by Crippen LogP contribution is -2.44. The van der Waals surface area contributed by atoms with Gasteiger partial charge < -0.3 is 4.90 Å². The number of fused-ring (bicyclic) bond motifs is 9. The second-order valence-corrected chi connectivity index (χ2v) is 17.1. The van der Waals surface area contributed by atoms with Crippen molar-refractivity contribution >= 4 is 17.1 Å². The van der Waals surface area contributed by atoms with Crippen LogP contribution in [0.25, 0.3) is 22.3 Å². The average molecular weight is 804 g/mol. The van der Waals surface area contributed by atoms with Gasteiger partial charge in [-0.3, -0.25) is 0 Å². The van der Waals surface area contributed by atoms with Crippen LogP contribution in [0, 0.1) is 0 Å². The Morgan fingerprint density at radius 3 is 1.48 bits per heavy atom. The molecule has 1 atom stereocenters. The standard InChI is InChI=1S/C62H45N/c1-5-20-44(21-6-1)46-36-38-50(39-37-46)63(51-29-19-24-47(42-51)45-22-7-2-8-23-45)52-40-41-54-53-30-13-14-31-55(53)62(60(54)43-52)58-34-17-15-32-56(58)61(48-25-9-3-10-26-48,49-27-11-4-12-28-49)57-33-16-18-35-59(57)62/h1-20,22-44H,21H2. The summed E-state index contributed by atoms with van der Waals surface area (Å²) in [6.07, 6.45) is 9.93. The third kappa shape index (κ3) is 5.63. The van der Waals surface area contributed by atoms with E-state index in [1.165, 1.54) is 72.3 Å². The van der Waals surface area contributed by atoms with E-state index in [9.17, 15) is 0 Å². The molecular weight excluding hydrogens is 759 g/mol. The Balaban J connectivity index is 1.13. The summed E-state index contributed by atoms with van der Waals surface area (Å²) in [5.74, 6) is 0.377. The predicted octanol–water partition coefficient (Wildman–Crippen LogP) is 15.5. The molecule has 0 fully saturated rings. The van der Waals surface area contributed by atoms with Crippen LogP contribution in [0.15, 0.2) is 255 Å². The van der Waals surface area contributed by atoms with Gasteiger partial charge in [0, 0.05) is 23.0 Å². The van der Waals surface area contributed by atoms with Crippen LogP contribution in [0.5, 0.6) is 0 Å². The molecule has 0 aliphatic heterocycles. The summed E-state index contributed by atoms with van der Waals surface area (Å²) in [5, 5.41) is 0. The predicted molar refractivity (Wildman–Crippen MR) is 261 cm³/mol. The molecule has 0 amide bonds. The lowest BCUT2D eigenvalue weighted by atomic mass is 9.51. The van der Waals surface area contributed by atoms with E-state index >= 15 is 0 Å². The summed E-state index contributed by atoms with van der Waals surface area (Å²) >= 11 is 0. The maximum absolute atomic E-state index is 2.51. The summed E-state index contributed by atoms with van der Waals surface area (Å²) in [7, 11) is 0. The quantitative estimate of drug-likeness (QED) is 0.155. The van der Waals surface area contributed by atoms with Crippen molar-refractivity contribution < 1.29 is 0 Å². The largest absolute Gasteiger partial charge is 0.310 e. The summed E-state index contributed by atoms with van der Waals surface area (Å²) in [6, 6.07) is 86.3. The lowest BCUT2D eigenvalue weighted by Gasteiger charge is -2.50. The van der Waals surface area contributed by atoms with E-state index in [0.29, 0.717) is 5.92 Å². The molecule has 0 N–H and O–H groups in total. The first-order valence-electron chi connectivity index (χ1n) is 22.2. The fraction of sp³-hybridized carbons (Fsp3) is 0.0645. The van der Waals surface area contributed by atoms with Crippen molar-refractivity contribution in [3.63, 3.8) is 0 Å². The van der Waals surface area contributed by atoms with Crippen LogP contribution in [-0.2, 0) is 10.8 Å². The molecule has 0 heterocycles. The fourth-order valence-electron chi connectivity index (χ4n) is 11.3. The average Bonchev–Trinajstić information content (AvgIpc) is 3.66. The smallest absolute Gasteiger partial charge is 0.0720 e. The van der Waals surface area contributed by atoms with Crippen molar-refractivity contribution in [2.24, 2.45) is 0 Å². The Morgan fingerprint density at radius 1 is 0.349 bits per heavy atom. The number of allylic oxidation sites excluding steroid dienone is 4. The van der Waals surface area contributed by atoms with Gasteiger partial charge in [0.15, 0.2) is 0 Å². The summed E-state index contributed by atoms with van der Waals surface area (Å²) in [5.41, 5.74) is 18.9. The van der Waals surface area contributed by atoms with Gasteiger partial charge in [0.25, 0.3) is 0 Å². The normalized spacial score (nSPS) is 15.8. The summed E-state index contributed by atoms with van der Waals surface area (Å²) in [6.45, 7) is 0. The van der Waals surface area contributed by atoms with Gasteiger partial charge in [0.05, 0.1) is 10.8 Å². The molecule has 9 aromatic rings. The molecular formula is C62H45N. The minimum Gasteiger partial charge on any atom is -0.310 e. The molecule has 298 valence electrons. The Bertz CT molecular complexity index is 3110. The molecule has 9 aromatic carbocycles. The van der Waals surface area contributed by atoms with Gasteiger partial charge in [0.1, 0.15) is 0 Å². The van der Waals surface area contributed by atoms with Crippen molar-refractivity contribution in [1.82, 2.24) is 0 Å². The first-order valence-corrected chi connectivity index (χ1v) is 22.2. The van der Waals surface area contributed by atoms with Gasteiger partial charge in [0.2, 0.25) is 0 Å². The first-order chi connectivity index (χ1) is 31.3. The summed E-state index contributed by atoms with van der Waals surface area (Å²) in [4.78, 5) is 2.46. The highest BCUT2D eigenvalue weighted by atomic mass is 15.1. The van der Waals surface area contributed by atoms with E-state index in [1.807, 2.05) is 0 Å². The van der Waals surface area contributed by atoms with Gasteiger partial charge in [-0.25, -0.2) is 0 Å². The van der Waals surface area contributed by atoms with E-state index < -0.39 is 10.8 Å². The highest BCUT2D eigenvalue weighted by molar-refractivity contribution is 5.92. The molecule has 3 aliphatic rings. The third-order valence-electron chi connectivity index (χ3n) is 13.9. The number of rotatable bonds is 7. The fourth-order valence-corrected chi connectivity index (χ4v) is 11.3. The van der Waals surface area contributed by atoms with Crippen LogP contribution in [0.4, 0.5) is 17.1 Å². The number of benzene rings is 9. The van der Waals surface area contributed by atoms with Crippen molar-refractivity contribution in [3.05, 3.63) is 305 Å². The molecule has 1 unspecified atom stereocenters. The maximum atomic E-state index is 2.51. The van der Waals surface area contributed by atoms with Crippen LogP contribution in [-0.4, -0.2) is 0 Å². The highest BCUT2D eigenvalue weighted by Gasteiger charge is 2.56. The molecule has 0 bridgehead atoms. The molecule has 3 aliphatic carbocycles. The number of nitrogens with zero attached hydrogens (tertiary/aromatic N) is 1. The topological polar surface area (TPSA) is 3.24 Å². The SMILES string of the molecule is C1=CCC(c2ccc(N(c3cccc(-c4ccccc4)c3)c3ccc4c(c3)C3(c5ccccc5-4)c4ccccc4C(c4ccccc4)(c4ccccc4)c4ccccc43)cc2)C=C1. The minimum absolute atomic E-state index is 0.377. The van der Waals surface area contributed by atoms with Crippen LogP contribution < -0.4 is 4.90 Å². The van der Waals surface area contributed by atoms with E-state index in [2.05, 4.69) is 260 Å². The number of hydrogen-bond donors (Lipinski definition) is 0. The van der Waals surface area contributed by atoms with Crippen molar-refractivity contribution in [1.29, 1.82) is 0 Å². The molecule has 12 rings (SSSR count). The van der Waals surface area contributed by atoms with Crippen molar-refractivity contribution in [2.45, 2.75) is 23.2 Å². The molecule has 0 saturated carbocycles. The molecule has 0 saturated heterocycles. The zero-order valence-corrected chi connectivity index (χ0v) is 35.0. The molecule has 1 nitrogen and oxygen atoms in total. The zero-order valence-electron chi connectivity index (χ0n) is 35.0. The van der Waals surface area contributed by atoms with Crippen LogP contribution in [0.3, 0.4) is 0 Å². The second-order valence-electron chi connectivity index (χ2n) is 17.1. The van der Waals surface area contributed by atoms with Crippen LogP contribution in [0.2, 0.25) is 0 Å². The van der Waals surface area contributed by atoms with E-state index in [1.54, 1.807) is 0 Å². The minimum atomic E-state index is -0.593. The highest BCUT2D eigenvalue weighted by Crippen LogP contribution is 2.65. The van der Waals surface area contributed by atoms with Gasteiger partial charge in [-0.05, 0) is 115 Å². The Kier molecular flexibility index (Phi) is 8.83. The first kappa shape index (κ1) is 37.1. The lowest BCUT2D eigenvalue weighted by molar-refractivity contribution is 0.623. The van der Waals surface area contributed by atoms with Crippen LogP contribution in [0.1, 0.15) is 62.4 Å². The van der Waals surface area contributed by atoms with Crippen molar-refractivity contribution in [3.8, 4) is 22.3 Å². The Hall–Kier alpha value is -7.74. The summed E-state index contributed by atoms with van der Waals surface area (Å²) < 4.78 is 0. The van der Waals surface area contributed by atoms with Gasteiger partial charge in [-0.15, -0.1) is 0 Å². The number of hydrogen-bond acceptors (Lipinski definition) is 1. The van der Waals surface area contributed by atoms with Crippen molar-refractivity contribution in [2.75, 3.05) is 4.90 Å². The van der Waals surface area contributed by atoms with E-state index in [0.717, 1.165) is 23.5 Å². The molecule has 1 heteroatoms. The van der Waals surface area contributed by atoms with Gasteiger partial charge >= 0.3 is 0 Å². The van der Waals surface area contributed by atoms with E-state index in [4.69, 9.17) is 0 Å². The Labute approximate surface area is 370 Å². The number of anilines is 3. The molecule has 1 spiro atoms. The van der Waals surface area contributed by atoms with Gasteiger partial charge in [-0.2, -0.15) is 0 Å². The molecule has 63 heavy (non-hydrogen) atoms. The molecule has 0 aromatic heterocycles. The second kappa shape index (κ2) is 15.0. The van der Waals surface area contributed by atoms with E-state index in [-0.39, 0.29) is 0 Å². The Morgan fingerprint density at radius 2 is 0.857 bits per heavy atom. The van der Waals surface area contributed by atoms with Gasteiger partial charge in [-0.1, -0.05) is 218 Å². The monoisotopic (exact) mass is 803 g/mol. The third-order valence-corrected chi connectivity index (χ3v) is 13.9. The molecule has 0 radical (unpaired) electrons.